The first kappa shape index (κ1) is 50.9. The zero-order valence-electron chi connectivity index (χ0n) is 35.5. The maximum Gasteiger partial charge on any atom is 0.305 e. The summed E-state index contributed by atoms with van der Waals surface area (Å²) in [4.78, 5) is 40.9. The van der Waals surface area contributed by atoms with Gasteiger partial charge in [0.25, 0.3) is 0 Å². The first-order valence-electron chi connectivity index (χ1n) is 22.4. The van der Waals surface area contributed by atoms with Crippen LogP contribution in [0.5, 0.6) is 0 Å². The molecule has 0 saturated heterocycles. The monoisotopic (exact) mass is 747 g/mol. The van der Waals surface area contributed by atoms with Gasteiger partial charge in [-0.15, -0.1) is 0 Å². The highest BCUT2D eigenvalue weighted by Gasteiger charge is 2.15. The topological polar surface area (TPSA) is 76.1 Å². The molecule has 0 aromatic carbocycles. The molecule has 0 aliphatic heterocycles. The molecule has 53 heavy (non-hydrogen) atoms. The zero-order valence-corrected chi connectivity index (χ0v) is 35.5. The smallest absolute Gasteiger partial charge is 0.305 e. The van der Waals surface area contributed by atoms with Gasteiger partial charge in [-0.1, -0.05) is 141 Å². The molecular formula is C46H86N2O5. The van der Waals surface area contributed by atoms with Crippen molar-refractivity contribution in [2.75, 3.05) is 46.9 Å². The lowest BCUT2D eigenvalue weighted by Gasteiger charge is -2.24. The molecule has 0 bridgehead atoms. The van der Waals surface area contributed by atoms with Crippen LogP contribution in [-0.2, 0) is 23.9 Å². The van der Waals surface area contributed by atoms with Gasteiger partial charge in [0, 0.05) is 25.9 Å². The van der Waals surface area contributed by atoms with Crippen LogP contribution in [0.2, 0.25) is 0 Å². The lowest BCUT2D eigenvalue weighted by atomic mass is 10.1. The van der Waals surface area contributed by atoms with E-state index in [2.05, 4.69) is 38.2 Å². The maximum atomic E-state index is 12.8. The summed E-state index contributed by atoms with van der Waals surface area (Å²) in [5.41, 5.74) is 0. The molecule has 0 aromatic heterocycles. The molecular weight excluding hydrogens is 661 g/mol. The van der Waals surface area contributed by atoms with Crippen molar-refractivity contribution in [2.45, 2.75) is 206 Å². The Balaban J connectivity index is 3.88. The number of carbonyl (C=O) groups is 3. The Hall–Kier alpha value is -2.15. The number of amides is 1. The quantitative estimate of drug-likeness (QED) is 0.0353. The van der Waals surface area contributed by atoms with Gasteiger partial charge in [0.1, 0.15) is 0 Å². The molecule has 0 atom stereocenters. The van der Waals surface area contributed by atoms with Crippen LogP contribution in [-0.4, -0.2) is 74.6 Å². The molecule has 0 rings (SSSR count). The normalized spacial score (nSPS) is 11.6. The Morgan fingerprint density at radius 1 is 0.434 bits per heavy atom. The fraction of sp³-hybridized carbons (Fsp3) is 0.848. The standard InChI is InChI=1S/C46H86N2O5/c1-5-7-9-11-13-15-17-19-21-23-25-27-29-31-33-37-45(50)52-41-35-39-48(44(49)43-47(3)4)40-36-42-53-46(51)38-34-32-30-28-26-24-22-20-18-16-14-12-10-8-6-2/h19-22H,5-18,23-43H2,1-4H3. The van der Waals surface area contributed by atoms with Gasteiger partial charge >= 0.3 is 11.9 Å². The van der Waals surface area contributed by atoms with Gasteiger partial charge in [0.05, 0.1) is 19.8 Å². The number of hydrogen-bond acceptors (Lipinski definition) is 6. The maximum absolute atomic E-state index is 12.8. The van der Waals surface area contributed by atoms with E-state index in [-0.39, 0.29) is 17.8 Å². The summed E-state index contributed by atoms with van der Waals surface area (Å²) in [6.07, 6.45) is 43.6. The number of unbranched alkanes of at least 4 members (excludes halogenated alkanes) is 22. The van der Waals surface area contributed by atoms with Crippen molar-refractivity contribution in [3.05, 3.63) is 24.3 Å². The number of likely N-dealkylation sites (N-methyl/N-ethyl adjacent to an activating group) is 1. The third-order valence-corrected chi connectivity index (χ3v) is 9.76. The van der Waals surface area contributed by atoms with E-state index >= 15 is 0 Å². The van der Waals surface area contributed by atoms with E-state index in [9.17, 15) is 14.4 Å². The third kappa shape index (κ3) is 39.4. The van der Waals surface area contributed by atoms with Gasteiger partial charge in [-0.3, -0.25) is 14.4 Å². The van der Waals surface area contributed by atoms with E-state index in [0.717, 1.165) is 51.4 Å². The van der Waals surface area contributed by atoms with Crippen LogP contribution >= 0.6 is 0 Å². The van der Waals surface area contributed by atoms with Crippen LogP contribution in [0.15, 0.2) is 24.3 Å². The number of allylic oxidation sites excluding steroid dienone is 4. The van der Waals surface area contributed by atoms with E-state index in [1.54, 1.807) is 4.90 Å². The number of carbonyl (C=O) groups excluding carboxylic acids is 3. The molecule has 0 spiro atoms. The number of rotatable bonds is 40. The van der Waals surface area contributed by atoms with E-state index in [1.807, 2.05) is 19.0 Å². The predicted molar refractivity (Wildman–Crippen MR) is 225 cm³/mol. The second-order valence-electron chi connectivity index (χ2n) is 15.4. The minimum Gasteiger partial charge on any atom is -0.466 e. The van der Waals surface area contributed by atoms with Crippen LogP contribution in [0, 0.1) is 0 Å². The van der Waals surface area contributed by atoms with Crippen LogP contribution in [0.25, 0.3) is 0 Å². The molecule has 0 aromatic rings. The first-order valence-corrected chi connectivity index (χ1v) is 22.4. The Bertz CT molecular complexity index is 827. The third-order valence-electron chi connectivity index (χ3n) is 9.76. The first-order chi connectivity index (χ1) is 25.9. The molecule has 0 heterocycles. The molecule has 1 amide bonds. The van der Waals surface area contributed by atoms with Gasteiger partial charge in [-0.25, -0.2) is 0 Å². The second kappa shape index (κ2) is 41.0. The molecule has 0 aliphatic rings. The SMILES string of the molecule is CCCCCCCCC=CCCCCCCCC(=O)OCCCN(CCCOC(=O)CCCCCCCC=CCCCCCCCC)C(=O)CN(C)C. The van der Waals surface area contributed by atoms with Gasteiger partial charge < -0.3 is 19.3 Å². The number of hydrogen-bond donors (Lipinski definition) is 0. The Morgan fingerprint density at radius 3 is 1.09 bits per heavy atom. The Kier molecular flexibility index (Phi) is 39.4. The highest BCUT2D eigenvalue weighted by molar-refractivity contribution is 5.78. The summed E-state index contributed by atoms with van der Waals surface area (Å²) in [7, 11) is 3.76. The van der Waals surface area contributed by atoms with Gasteiger partial charge in [0.2, 0.25) is 5.91 Å². The number of ether oxygens (including phenoxy) is 2. The van der Waals surface area contributed by atoms with Crippen molar-refractivity contribution in [1.29, 1.82) is 0 Å². The fourth-order valence-corrected chi connectivity index (χ4v) is 6.44. The van der Waals surface area contributed by atoms with Crippen molar-refractivity contribution in [3.63, 3.8) is 0 Å². The average Bonchev–Trinajstić information content (AvgIpc) is 3.13. The Morgan fingerprint density at radius 2 is 0.755 bits per heavy atom. The van der Waals surface area contributed by atoms with Gasteiger partial charge in [-0.05, 0) is 91.1 Å². The molecule has 7 heteroatoms. The van der Waals surface area contributed by atoms with Crippen molar-refractivity contribution >= 4 is 17.8 Å². The minimum absolute atomic E-state index is 0.0363. The van der Waals surface area contributed by atoms with E-state index in [0.29, 0.717) is 58.5 Å². The van der Waals surface area contributed by atoms with E-state index in [1.165, 1.54) is 116 Å². The van der Waals surface area contributed by atoms with Crippen LogP contribution in [0.4, 0.5) is 0 Å². The highest BCUT2D eigenvalue weighted by atomic mass is 16.5. The summed E-state index contributed by atoms with van der Waals surface area (Å²) in [6, 6.07) is 0. The second-order valence-corrected chi connectivity index (χ2v) is 15.4. The van der Waals surface area contributed by atoms with Gasteiger partial charge in [0.15, 0.2) is 0 Å². The molecule has 0 N–H and O–H groups in total. The van der Waals surface area contributed by atoms with Crippen molar-refractivity contribution in [3.8, 4) is 0 Å². The number of esters is 2. The minimum atomic E-state index is -0.146. The number of nitrogens with zero attached hydrogens (tertiary/aromatic N) is 2. The van der Waals surface area contributed by atoms with Crippen LogP contribution < -0.4 is 0 Å². The van der Waals surface area contributed by atoms with Crippen molar-refractivity contribution < 1.29 is 23.9 Å². The predicted octanol–water partition coefficient (Wildman–Crippen LogP) is 12.3. The van der Waals surface area contributed by atoms with E-state index < -0.39 is 0 Å². The lowest BCUT2D eigenvalue weighted by Crippen LogP contribution is -2.39. The molecule has 0 saturated carbocycles. The fourth-order valence-electron chi connectivity index (χ4n) is 6.44. The largest absolute Gasteiger partial charge is 0.466 e. The summed E-state index contributed by atoms with van der Waals surface area (Å²) >= 11 is 0. The van der Waals surface area contributed by atoms with E-state index in [4.69, 9.17) is 9.47 Å². The molecule has 0 fully saturated rings. The zero-order chi connectivity index (χ0) is 38.9. The lowest BCUT2D eigenvalue weighted by molar-refractivity contribution is -0.144. The summed E-state index contributed by atoms with van der Waals surface area (Å²) < 4.78 is 10.9. The van der Waals surface area contributed by atoms with Crippen LogP contribution in [0.1, 0.15) is 206 Å². The molecule has 0 radical (unpaired) electrons. The summed E-state index contributed by atoms with van der Waals surface area (Å²) in [5, 5.41) is 0. The molecule has 0 unspecified atom stereocenters. The molecule has 7 nitrogen and oxygen atoms in total. The summed E-state index contributed by atoms with van der Waals surface area (Å²) in [5.74, 6) is -0.256. The average molecular weight is 747 g/mol. The van der Waals surface area contributed by atoms with Crippen molar-refractivity contribution in [1.82, 2.24) is 9.80 Å². The molecule has 0 aliphatic carbocycles. The Labute approximate surface area is 328 Å². The summed E-state index contributed by atoms with van der Waals surface area (Å²) in [6.45, 7) is 6.54. The van der Waals surface area contributed by atoms with Gasteiger partial charge in [-0.2, -0.15) is 0 Å². The molecule has 310 valence electrons. The highest BCUT2D eigenvalue weighted by Crippen LogP contribution is 2.12. The van der Waals surface area contributed by atoms with Crippen molar-refractivity contribution in [2.24, 2.45) is 0 Å². The van der Waals surface area contributed by atoms with Crippen LogP contribution in [0.3, 0.4) is 0 Å².